The quantitative estimate of drug-likeness (QED) is 0.569. The van der Waals surface area contributed by atoms with Crippen molar-refractivity contribution in [3.05, 3.63) is 48.0 Å². The summed E-state index contributed by atoms with van der Waals surface area (Å²) in [7, 11) is 0. The van der Waals surface area contributed by atoms with Crippen molar-refractivity contribution in [1.82, 2.24) is 0 Å². The first-order valence-electron chi connectivity index (χ1n) is 4.86. The number of nitriles is 1. The molecular weight excluding hydrogens is 202 g/mol. The number of para-hydroxylation sites is 3. The normalized spacial score (nSPS) is 11.4. The molecule has 76 valence electrons. The van der Waals surface area contributed by atoms with Crippen LogP contribution in [0.2, 0.25) is 0 Å². The van der Waals surface area contributed by atoms with Gasteiger partial charge in [-0.15, -0.1) is 0 Å². The van der Waals surface area contributed by atoms with Crippen LogP contribution in [0.15, 0.2) is 42.5 Å². The van der Waals surface area contributed by atoms with Crippen LogP contribution in [0.25, 0.3) is 0 Å². The summed E-state index contributed by atoms with van der Waals surface area (Å²) in [4.78, 5) is 0. The molecule has 3 nitrogen and oxygen atoms in total. The highest BCUT2D eigenvalue weighted by atomic mass is 16.6. The Kier molecular flexibility index (Phi) is 1.81. The average Bonchev–Trinajstić information content (AvgIpc) is 2.35. The van der Waals surface area contributed by atoms with Crippen LogP contribution < -0.4 is 9.47 Å². The molecule has 0 amide bonds. The lowest BCUT2D eigenvalue weighted by Gasteiger charge is -2.20. The Bertz CT molecular complexity index is 599. The lowest BCUT2D eigenvalue weighted by Crippen LogP contribution is -2.00. The van der Waals surface area contributed by atoms with Crippen LogP contribution in [0.3, 0.4) is 0 Å². The maximum absolute atomic E-state index is 8.96. The summed E-state index contributed by atoms with van der Waals surface area (Å²) in [6.45, 7) is 0. The van der Waals surface area contributed by atoms with Gasteiger partial charge in [0.25, 0.3) is 0 Å². The third kappa shape index (κ3) is 1.21. The third-order valence-electron chi connectivity index (χ3n) is 2.38. The Morgan fingerprint density at radius 3 is 2.25 bits per heavy atom. The molecule has 0 saturated heterocycles. The van der Waals surface area contributed by atoms with E-state index in [0.29, 0.717) is 28.6 Å². The van der Waals surface area contributed by atoms with Crippen molar-refractivity contribution < 1.29 is 9.47 Å². The maximum Gasteiger partial charge on any atom is 0.187 e. The van der Waals surface area contributed by atoms with Gasteiger partial charge < -0.3 is 9.47 Å². The molecule has 3 heteroatoms. The van der Waals surface area contributed by atoms with Crippen molar-refractivity contribution in [2.24, 2.45) is 0 Å². The van der Waals surface area contributed by atoms with E-state index in [0.717, 1.165) is 0 Å². The summed E-state index contributed by atoms with van der Waals surface area (Å²) < 4.78 is 11.3. The van der Waals surface area contributed by atoms with Crippen LogP contribution in [-0.2, 0) is 0 Å². The summed E-state index contributed by atoms with van der Waals surface area (Å²) in [5, 5.41) is 8.96. The number of hydrogen-bond acceptors (Lipinski definition) is 3. The fraction of sp³-hybridized carbons (Fsp3) is 0. The van der Waals surface area contributed by atoms with Gasteiger partial charge in [0.05, 0.1) is 5.56 Å². The molecule has 2 aromatic carbocycles. The van der Waals surface area contributed by atoms with Crippen LogP contribution in [-0.4, -0.2) is 0 Å². The molecule has 0 aliphatic carbocycles. The van der Waals surface area contributed by atoms with Crippen molar-refractivity contribution >= 4 is 0 Å². The summed E-state index contributed by atoms with van der Waals surface area (Å²) in [5.41, 5.74) is 0.479. The Labute approximate surface area is 92.5 Å². The Balaban J connectivity index is 2.16. The van der Waals surface area contributed by atoms with E-state index in [4.69, 9.17) is 14.7 Å². The molecule has 0 fully saturated rings. The van der Waals surface area contributed by atoms with Gasteiger partial charge in [0.1, 0.15) is 6.07 Å². The highest BCUT2D eigenvalue weighted by molar-refractivity contribution is 5.60. The molecule has 1 aliphatic heterocycles. The molecule has 3 rings (SSSR count). The Morgan fingerprint density at radius 2 is 1.50 bits per heavy atom. The second-order valence-electron chi connectivity index (χ2n) is 3.40. The van der Waals surface area contributed by atoms with Gasteiger partial charge in [-0.2, -0.15) is 5.26 Å². The van der Waals surface area contributed by atoms with Crippen LogP contribution in [0.5, 0.6) is 23.0 Å². The second-order valence-corrected chi connectivity index (χ2v) is 3.40. The van der Waals surface area contributed by atoms with Gasteiger partial charge in [-0.3, -0.25) is 0 Å². The van der Waals surface area contributed by atoms with E-state index < -0.39 is 0 Å². The molecule has 2 aromatic rings. The van der Waals surface area contributed by atoms with E-state index in [2.05, 4.69) is 6.07 Å². The third-order valence-corrected chi connectivity index (χ3v) is 2.38. The molecule has 16 heavy (non-hydrogen) atoms. The zero-order valence-electron chi connectivity index (χ0n) is 8.31. The number of fused-ring (bicyclic) bond motifs is 2. The minimum Gasteiger partial charge on any atom is -0.449 e. The molecule has 0 N–H and O–H groups in total. The fourth-order valence-corrected chi connectivity index (χ4v) is 1.64. The second kappa shape index (κ2) is 3.28. The van der Waals surface area contributed by atoms with Gasteiger partial charge in [-0.1, -0.05) is 18.2 Å². The van der Waals surface area contributed by atoms with Crippen molar-refractivity contribution in [3.63, 3.8) is 0 Å². The molecule has 0 radical (unpaired) electrons. The molecular formula is C13H7NO2. The van der Waals surface area contributed by atoms with Gasteiger partial charge in [0, 0.05) is 0 Å². The predicted molar refractivity (Wildman–Crippen MR) is 57.7 cm³/mol. The highest BCUT2D eigenvalue weighted by Gasteiger charge is 2.20. The van der Waals surface area contributed by atoms with E-state index in [1.165, 1.54) is 0 Å². The molecule has 0 unspecified atom stereocenters. The van der Waals surface area contributed by atoms with Crippen molar-refractivity contribution in [2.75, 3.05) is 0 Å². The summed E-state index contributed by atoms with van der Waals surface area (Å²) >= 11 is 0. The average molecular weight is 209 g/mol. The molecule has 0 atom stereocenters. The first-order chi connectivity index (χ1) is 7.88. The SMILES string of the molecule is N#Cc1cccc2c1Oc1ccccc1O2. The summed E-state index contributed by atoms with van der Waals surface area (Å²) in [6.07, 6.45) is 0. The van der Waals surface area contributed by atoms with Gasteiger partial charge in [0.15, 0.2) is 23.0 Å². The molecule has 1 aliphatic rings. The van der Waals surface area contributed by atoms with Crippen molar-refractivity contribution in [1.29, 1.82) is 5.26 Å². The molecule has 0 saturated carbocycles. The molecule has 0 bridgehead atoms. The predicted octanol–water partition coefficient (Wildman–Crippen LogP) is 3.46. The zero-order chi connectivity index (χ0) is 11.0. The molecule has 1 heterocycles. The lowest BCUT2D eigenvalue weighted by atomic mass is 10.2. The maximum atomic E-state index is 8.96. The number of hydrogen-bond donors (Lipinski definition) is 0. The fourth-order valence-electron chi connectivity index (χ4n) is 1.64. The topological polar surface area (TPSA) is 42.2 Å². The summed E-state index contributed by atoms with van der Waals surface area (Å²) in [5.74, 6) is 2.38. The zero-order valence-corrected chi connectivity index (χ0v) is 8.31. The standard InChI is InChI=1S/C13H7NO2/c14-8-9-4-3-7-12-13(9)16-11-6-2-1-5-10(11)15-12/h1-7H. The van der Waals surface area contributed by atoms with Crippen molar-refractivity contribution in [3.8, 4) is 29.1 Å². The van der Waals surface area contributed by atoms with Crippen LogP contribution >= 0.6 is 0 Å². The van der Waals surface area contributed by atoms with Crippen LogP contribution in [0.1, 0.15) is 5.56 Å². The Hall–Kier alpha value is -2.47. The minimum absolute atomic E-state index is 0.479. The van der Waals surface area contributed by atoms with Crippen LogP contribution in [0, 0.1) is 11.3 Å². The van der Waals surface area contributed by atoms with Crippen molar-refractivity contribution in [2.45, 2.75) is 0 Å². The van der Waals surface area contributed by atoms with E-state index in [1.54, 1.807) is 18.2 Å². The van der Waals surface area contributed by atoms with Crippen LogP contribution in [0.4, 0.5) is 0 Å². The summed E-state index contributed by atoms with van der Waals surface area (Å²) in [6, 6.07) is 14.7. The minimum atomic E-state index is 0.479. The molecule has 0 aromatic heterocycles. The smallest absolute Gasteiger partial charge is 0.187 e. The number of rotatable bonds is 0. The highest BCUT2D eigenvalue weighted by Crippen LogP contribution is 2.46. The van der Waals surface area contributed by atoms with E-state index in [9.17, 15) is 0 Å². The van der Waals surface area contributed by atoms with Gasteiger partial charge >= 0.3 is 0 Å². The van der Waals surface area contributed by atoms with E-state index in [-0.39, 0.29) is 0 Å². The van der Waals surface area contributed by atoms with E-state index in [1.807, 2.05) is 24.3 Å². The number of ether oxygens (including phenoxy) is 2. The van der Waals surface area contributed by atoms with E-state index >= 15 is 0 Å². The van der Waals surface area contributed by atoms with Gasteiger partial charge in [-0.05, 0) is 24.3 Å². The monoisotopic (exact) mass is 209 g/mol. The first-order valence-corrected chi connectivity index (χ1v) is 4.86. The lowest BCUT2D eigenvalue weighted by molar-refractivity contribution is 0.359. The first kappa shape index (κ1) is 8.81. The molecule has 0 spiro atoms. The number of nitrogens with zero attached hydrogens (tertiary/aromatic N) is 1. The Morgan fingerprint density at radius 1 is 0.812 bits per heavy atom. The van der Waals surface area contributed by atoms with Gasteiger partial charge in [0.2, 0.25) is 0 Å². The number of benzene rings is 2. The largest absolute Gasteiger partial charge is 0.449 e. The van der Waals surface area contributed by atoms with Gasteiger partial charge in [-0.25, -0.2) is 0 Å².